The molecule has 0 aromatic heterocycles. The maximum atomic E-state index is 11.9. The van der Waals surface area contributed by atoms with Gasteiger partial charge < -0.3 is 15.0 Å². The van der Waals surface area contributed by atoms with Crippen LogP contribution in [0, 0.1) is 0 Å². The third-order valence-corrected chi connectivity index (χ3v) is 3.73. The number of amides is 2. The maximum Gasteiger partial charge on any atom is 0.224 e. The second kappa shape index (κ2) is 7.11. The van der Waals surface area contributed by atoms with E-state index in [1.807, 2.05) is 36.1 Å². The summed E-state index contributed by atoms with van der Waals surface area (Å²) >= 11 is 0. The van der Waals surface area contributed by atoms with E-state index in [1.54, 1.807) is 7.11 Å². The molecule has 114 valence electrons. The van der Waals surface area contributed by atoms with E-state index in [0.29, 0.717) is 25.9 Å². The van der Waals surface area contributed by atoms with E-state index in [4.69, 9.17) is 4.74 Å². The molecule has 0 aliphatic carbocycles. The van der Waals surface area contributed by atoms with E-state index in [1.165, 1.54) is 5.56 Å². The standard InChI is InChI=1S/C16H22N2O3/c1-3-15(19)17-13-10-16(20)18(11-13)9-8-12-4-6-14(21-2)7-5-12/h4-7,13H,3,8-11H2,1-2H3,(H,17,19)/t13-/m1/s1. The lowest BCUT2D eigenvalue weighted by Crippen LogP contribution is -2.37. The minimum Gasteiger partial charge on any atom is -0.497 e. The number of methoxy groups -OCH3 is 1. The number of likely N-dealkylation sites (tertiary alicyclic amines) is 1. The number of hydrogen-bond acceptors (Lipinski definition) is 3. The van der Waals surface area contributed by atoms with Crippen molar-refractivity contribution in [2.24, 2.45) is 0 Å². The molecule has 1 fully saturated rings. The number of carbonyl (C=O) groups excluding carboxylic acids is 2. The second-order valence-corrected chi connectivity index (χ2v) is 5.26. The summed E-state index contributed by atoms with van der Waals surface area (Å²) in [6.07, 6.45) is 1.68. The quantitative estimate of drug-likeness (QED) is 0.860. The van der Waals surface area contributed by atoms with Gasteiger partial charge in [-0.1, -0.05) is 19.1 Å². The molecular formula is C16H22N2O3. The Kier molecular flexibility index (Phi) is 5.20. The van der Waals surface area contributed by atoms with Gasteiger partial charge in [-0.05, 0) is 24.1 Å². The third-order valence-electron chi connectivity index (χ3n) is 3.73. The van der Waals surface area contributed by atoms with E-state index in [0.717, 1.165) is 12.2 Å². The lowest BCUT2D eigenvalue weighted by molar-refractivity contribution is -0.127. The van der Waals surface area contributed by atoms with Crippen LogP contribution in [0.3, 0.4) is 0 Å². The summed E-state index contributed by atoms with van der Waals surface area (Å²) in [7, 11) is 1.64. The molecule has 1 heterocycles. The van der Waals surface area contributed by atoms with Gasteiger partial charge in [0.05, 0.1) is 13.2 Å². The van der Waals surface area contributed by atoms with Crippen molar-refractivity contribution in [3.05, 3.63) is 29.8 Å². The van der Waals surface area contributed by atoms with Crippen LogP contribution in [-0.2, 0) is 16.0 Å². The molecule has 2 rings (SSSR count). The van der Waals surface area contributed by atoms with Crippen LogP contribution < -0.4 is 10.1 Å². The number of benzene rings is 1. The van der Waals surface area contributed by atoms with Crippen molar-refractivity contribution >= 4 is 11.8 Å². The number of nitrogens with one attached hydrogen (secondary N) is 1. The largest absolute Gasteiger partial charge is 0.497 e. The summed E-state index contributed by atoms with van der Waals surface area (Å²) in [6, 6.07) is 7.82. The Balaban J connectivity index is 1.82. The van der Waals surface area contributed by atoms with Gasteiger partial charge >= 0.3 is 0 Å². The highest BCUT2D eigenvalue weighted by molar-refractivity contribution is 5.82. The number of rotatable bonds is 6. The number of nitrogens with zero attached hydrogens (tertiary/aromatic N) is 1. The Morgan fingerprint density at radius 1 is 1.38 bits per heavy atom. The predicted molar refractivity (Wildman–Crippen MR) is 80.1 cm³/mol. The zero-order chi connectivity index (χ0) is 15.2. The lowest BCUT2D eigenvalue weighted by atomic mass is 10.1. The van der Waals surface area contributed by atoms with Gasteiger partial charge in [-0.25, -0.2) is 0 Å². The molecule has 5 nitrogen and oxygen atoms in total. The van der Waals surface area contributed by atoms with Gasteiger partial charge in [-0.15, -0.1) is 0 Å². The van der Waals surface area contributed by atoms with Gasteiger partial charge in [0.25, 0.3) is 0 Å². The molecule has 0 unspecified atom stereocenters. The molecule has 1 aromatic carbocycles. The summed E-state index contributed by atoms with van der Waals surface area (Å²) < 4.78 is 5.12. The minimum atomic E-state index is -0.0409. The molecule has 0 spiro atoms. The van der Waals surface area contributed by atoms with Crippen LogP contribution in [0.5, 0.6) is 5.75 Å². The molecule has 2 amide bonds. The summed E-state index contributed by atoms with van der Waals surface area (Å²) in [4.78, 5) is 25.1. The first-order valence-electron chi connectivity index (χ1n) is 7.32. The average molecular weight is 290 g/mol. The van der Waals surface area contributed by atoms with Gasteiger partial charge in [0.1, 0.15) is 5.75 Å². The first-order valence-corrected chi connectivity index (χ1v) is 7.32. The molecule has 21 heavy (non-hydrogen) atoms. The highest BCUT2D eigenvalue weighted by Crippen LogP contribution is 2.15. The van der Waals surface area contributed by atoms with Crippen molar-refractivity contribution in [3.63, 3.8) is 0 Å². The number of carbonyl (C=O) groups is 2. The van der Waals surface area contributed by atoms with Gasteiger partial charge in [0.15, 0.2) is 0 Å². The molecule has 1 atom stereocenters. The van der Waals surface area contributed by atoms with Crippen LogP contribution >= 0.6 is 0 Å². The zero-order valence-corrected chi connectivity index (χ0v) is 12.6. The van der Waals surface area contributed by atoms with Crippen LogP contribution in [0.15, 0.2) is 24.3 Å². The Morgan fingerprint density at radius 3 is 2.71 bits per heavy atom. The molecule has 1 N–H and O–H groups in total. The van der Waals surface area contributed by atoms with E-state index >= 15 is 0 Å². The Morgan fingerprint density at radius 2 is 2.10 bits per heavy atom. The summed E-state index contributed by atoms with van der Waals surface area (Å²) in [5.74, 6) is 0.952. The van der Waals surface area contributed by atoms with Crippen LogP contribution in [0.1, 0.15) is 25.3 Å². The molecule has 1 aromatic rings. The highest BCUT2D eigenvalue weighted by atomic mass is 16.5. The predicted octanol–water partition coefficient (Wildman–Crippen LogP) is 1.36. The van der Waals surface area contributed by atoms with E-state index in [2.05, 4.69) is 5.32 Å². The van der Waals surface area contributed by atoms with E-state index in [9.17, 15) is 9.59 Å². The first-order chi connectivity index (χ1) is 10.1. The van der Waals surface area contributed by atoms with E-state index in [-0.39, 0.29) is 17.9 Å². The fourth-order valence-corrected chi connectivity index (χ4v) is 2.47. The maximum absolute atomic E-state index is 11.9. The van der Waals surface area contributed by atoms with Crippen LogP contribution in [-0.4, -0.2) is 43.0 Å². The molecular weight excluding hydrogens is 268 g/mol. The summed E-state index contributed by atoms with van der Waals surface area (Å²) in [5, 5.41) is 2.88. The summed E-state index contributed by atoms with van der Waals surface area (Å²) in [5.41, 5.74) is 1.17. The van der Waals surface area contributed by atoms with Gasteiger partial charge in [0, 0.05) is 25.9 Å². The minimum absolute atomic E-state index is 0.00445. The molecule has 0 radical (unpaired) electrons. The number of hydrogen-bond donors (Lipinski definition) is 1. The topological polar surface area (TPSA) is 58.6 Å². The highest BCUT2D eigenvalue weighted by Gasteiger charge is 2.29. The van der Waals surface area contributed by atoms with Crippen molar-refractivity contribution in [1.82, 2.24) is 10.2 Å². The van der Waals surface area contributed by atoms with Gasteiger partial charge in [-0.2, -0.15) is 0 Å². The van der Waals surface area contributed by atoms with Crippen molar-refractivity contribution in [1.29, 1.82) is 0 Å². The second-order valence-electron chi connectivity index (χ2n) is 5.26. The lowest BCUT2D eigenvalue weighted by Gasteiger charge is -2.17. The monoisotopic (exact) mass is 290 g/mol. The van der Waals surface area contributed by atoms with Gasteiger partial charge in [-0.3, -0.25) is 9.59 Å². The Labute approximate surface area is 125 Å². The molecule has 1 saturated heterocycles. The van der Waals surface area contributed by atoms with Crippen molar-refractivity contribution < 1.29 is 14.3 Å². The Hall–Kier alpha value is -2.04. The third kappa shape index (κ3) is 4.21. The number of ether oxygens (including phenoxy) is 1. The molecule has 0 saturated carbocycles. The Bertz CT molecular complexity index is 499. The van der Waals surface area contributed by atoms with Crippen LogP contribution in [0.4, 0.5) is 0 Å². The van der Waals surface area contributed by atoms with Crippen LogP contribution in [0.25, 0.3) is 0 Å². The normalized spacial score (nSPS) is 17.9. The first kappa shape index (κ1) is 15.4. The van der Waals surface area contributed by atoms with Crippen molar-refractivity contribution in [3.8, 4) is 5.75 Å². The zero-order valence-electron chi connectivity index (χ0n) is 12.6. The molecule has 0 bridgehead atoms. The summed E-state index contributed by atoms with van der Waals surface area (Å²) in [6.45, 7) is 3.11. The average Bonchev–Trinajstić information content (AvgIpc) is 2.85. The van der Waals surface area contributed by atoms with E-state index < -0.39 is 0 Å². The van der Waals surface area contributed by atoms with Crippen molar-refractivity contribution in [2.75, 3.05) is 20.2 Å². The molecule has 1 aliphatic rings. The van der Waals surface area contributed by atoms with Gasteiger partial charge in [0.2, 0.25) is 11.8 Å². The molecule has 5 heteroatoms. The van der Waals surface area contributed by atoms with Crippen molar-refractivity contribution in [2.45, 2.75) is 32.2 Å². The fourth-order valence-electron chi connectivity index (χ4n) is 2.47. The molecule has 1 aliphatic heterocycles. The van der Waals surface area contributed by atoms with Crippen LogP contribution in [0.2, 0.25) is 0 Å². The smallest absolute Gasteiger partial charge is 0.224 e. The SMILES string of the molecule is CCC(=O)N[C@@H]1CC(=O)N(CCc2ccc(OC)cc2)C1. The fraction of sp³-hybridized carbons (Fsp3) is 0.500.